The summed E-state index contributed by atoms with van der Waals surface area (Å²) in [6.07, 6.45) is -1.68. The molecule has 0 spiro atoms. The second-order valence-electron chi connectivity index (χ2n) is 2.29. The first-order valence-electron chi connectivity index (χ1n) is 3.30. The summed E-state index contributed by atoms with van der Waals surface area (Å²) in [5.74, 6) is -1.40. The maximum absolute atomic E-state index is 12.5. The second-order valence-corrected chi connectivity index (χ2v) is 4.17. The maximum Gasteiger partial charge on any atom is 0.338 e. The van der Waals surface area contributed by atoms with Crippen molar-refractivity contribution in [3.63, 3.8) is 0 Å². The molecule has 0 atom stereocenters. The Morgan fingerprint density at radius 3 is 2.57 bits per heavy atom. The van der Waals surface area contributed by atoms with Crippen molar-refractivity contribution in [1.29, 1.82) is 0 Å². The number of nitrogens with zero attached hydrogens (tertiary/aromatic N) is 1. The fraction of sp³-hybridized carbons (Fsp3) is 0.143. The fourth-order valence-corrected chi connectivity index (χ4v) is 2.03. The lowest BCUT2D eigenvalue weighted by Gasteiger charge is -2.08. The lowest BCUT2D eigenvalue weighted by molar-refractivity contribution is 0.0682. The third kappa shape index (κ3) is 2.19. The Hall–Kier alpha value is -0.310. The van der Waals surface area contributed by atoms with E-state index in [1.807, 2.05) is 0 Å². The average molecular weight is 378 g/mol. The highest BCUT2D eigenvalue weighted by Crippen LogP contribution is 2.31. The number of carboxylic acids is 1. The Balaban J connectivity index is 3.50. The molecule has 0 saturated carbocycles. The summed E-state index contributed by atoms with van der Waals surface area (Å²) < 4.78 is 25.1. The molecular formula is C7H3BrF2INO2. The number of hydrogen-bond donors (Lipinski definition) is 1. The molecule has 1 N–H and O–H groups in total. The smallest absolute Gasteiger partial charge is 0.338 e. The molecule has 0 radical (unpaired) electrons. The molecule has 0 bridgehead atoms. The molecule has 0 saturated heterocycles. The molecule has 76 valence electrons. The normalized spacial score (nSPS) is 10.6. The number of alkyl halides is 2. The van der Waals surface area contributed by atoms with E-state index in [2.05, 4.69) is 20.9 Å². The molecule has 1 aromatic heterocycles. The van der Waals surface area contributed by atoms with E-state index in [1.54, 1.807) is 22.6 Å². The van der Waals surface area contributed by atoms with E-state index >= 15 is 0 Å². The van der Waals surface area contributed by atoms with Crippen molar-refractivity contribution in [2.75, 3.05) is 0 Å². The summed E-state index contributed by atoms with van der Waals surface area (Å²) in [6.45, 7) is 0. The van der Waals surface area contributed by atoms with Crippen molar-refractivity contribution in [2.24, 2.45) is 0 Å². The zero-order valence-electron chi connectivity index (χ0n) is 6.47. The van der Waals surface area contributed by atoms with Crippen molar-refractivity contribution in [1.82, 2.24) is 4.98 Å². The molecule has 1 aromatic rings. The first-order chi connectivity index (χ1) is 6.45. The average Bonchev–Trinajstić information content (AvgIpc) is 2.07. The van der Waals surface area contributed by atoms with Crippen LogP contribution in [-0.2, 0) is 0 Å². The van der Waals surface area contributed by atoms with Gasteiger partial charge in [-0.05, 0) is 38.5 Å². The van der Waals surface area contributed by atoms with E-state index < -0.39 is 23.5 Å². The van der Waals surface area contributed by atoms with E-state index in [-0.39, 0.29) is 8.17 Å². The van der Waals surface area contributed by atoms with Gasteiger partial charge in [-0.3, -0.25) is 0 Å². The van der Waals surface area contributed by atoms with Gasteiger partial charge in [-0.15, -0.1) is 0 Å². The number of carboxylic acid groups (broad SMARTS) is 1. The fourth-order valence-electron chi connectivity index (χ4n) is 0.895. The first-order valence-corrected chi connectivity index (χ1v) is 5.17. The minimum absolute atomic E-state index is 0.00492. The van der Waals surface area contributed by atoms with Crippen molar-refractivity contribution < 1.29 is 18.7 Å². The van der Waals surface area contributed by atoms with Crippen LogP contribution in [-0.4, -0.2) is 16.1 Å². The summed E-state index contributed by atoms with van der Waals surface area (Å²) in [5.41, 5.74) is -0.980. The van der Waals surface area contributed by atoms with Gasteiger partial charge in [0.2, 0.25) is 0 Å². The molecule has 0 amide bonds. The number of aromatic carboxylic acids is 1. The second kappa shape index (κ2) is 4.47. The minimum Gasteiger partial charge on any atom is -0.478 e. The van der Waals surface area contributed by atoms with Gasteiger partial charge >= 0.3 is 5.97 Å². The standard InChI is InChI=1S/C7H3BrF2INO2/c8-2-1-12-6(11)4(7(13)14)3(2)5(9)10/h1,5H,(H,13,14). The molecule has 14 heavy (non-hydrogen) atoms. The molecule has 0 aliphatic rings. The van der Waals surface area contributed by atoms with Crippen LogP contribution in [0.3, 0.4) is 0 Å². The topological polar surface area (TPSA) is 50.2 Å². The van der Waals surface area contributed by atoms with Gasteiger partial charge in [0.25, 0.3) is 6.43 Å². The highest BCUT2D eigenvalue weighted by Gasteiger charge is 2.24. The number of pyridine rings is 1. The van der Waals surface area contributed by atoms with E-state index in [9.17, 15) is 13.6 Å². The quantitative estimate of drug-likeness (QED) is 0.636. The molecule has 0 fully saturated rings. The van der Waals surface area contributed by atoms with Crippen molar-refractivity contribution in [2.45, 2.75) is 6.43 Å². The first kappa shape index (κ1) is 11.8. The predicted molar refractivity (Wildman–Crippen MR) is 56.6 cm³/mol. The molecule has 1 heterocycles. The van der Waals surface area contributed by atoms with Gasteiger partial charge in [0.05, 0.1) is 5.56 Å². The number of carbonyl (C=O) groups is 1. The largest absolute Gasteiger partial charge is 0.478 e. The van der Waals surface area contributed by atoms with Gasteiger partial charge in [-0.25, -0.2) is 18.6 Å². The zero-order valence-corrected chi connectivity index (χ0v) is 10.2. The lowest BCUT2D eigenvalue weighted by atomic mass is 10.1. The SMILES string of the molecule is O=C(O)c1c(I)ncc(Br)c1C(F)F. The van der Waals surface area contributed by atoms with Crippen LogP contribution < -0.4 is 0 Å². The van der Waals surface area contributed by atoms with Crippen LogP contribution in [0.1, 0.15) is 22.3 Å². The van der Waals surface area contributed by atoms with Crippen LogP contribution in [0, 0.1) is 3.70 Å². The third-order valence-electron chi connectivity index (χ3n) is 1.46. The predicted octanol–water partition coefficient (Wildman–Crippen LogP) is 3.08. The Kier molecular flexibility index (Phi) is 3.76. The Morgan fingerprint density at radius 1 is 1.64 bits per heavy atom. The summed E-state index contributed by atoms with van der Waals surface area (Å²) in [7, 11) is 0. The molecule has 0 aromatic carbocycles. The van der Waals surface area contributed by atoms with E-state index in [0.29, 0.717) is 0 Å². The van der Waals surface area contributed by atoms with Crippen LogP contribution in [0.5, 0.6) is 0 Å². The Morgan fingerprint density at radius 2 is 2.21 bits per heavy atom. The Bertz CT molecular complexity index is 386. The molecule has 3 nitrogen and oxygen atoms in total. The van der Waals surface area contributed by atoms with Gasteiger partial charge in [0.1, 0.15) is 9.26 Å². The highest BCUT2D eigenvalue weighted by atomic mass is 127. The van der Waals surface area contributed by atoms with Crippen LogP contribution in [0.15, 0.2) is 10.7 Å². The molecular weight excluding hydrogens is 375 g/mol. The van der Waals surface area contributed by atoms with Gasteiger partial charge in [-0.1, -0.05) is 0 Å². The molecule has 1 rings (SSSR count). The van der Waals surface area contributed by atoms with E-state index in [0.717, 1.165) is 6.20 Å². The number of rotatable bonds is 2. The summed E-state index contributed by atoms with van der Waals surface area (Å²) in [5, 5.41) is 8.72. The highest BCUT2D eigenvalue weighted by molar-refractivity contribution is 14.1. The number of halogens is 4. The monoisotopic (exact) mass is 377 g/mol. The zero-order chi connectivity index (χ0) is 10.9. The van der Waals surface area contributed by atoms with Gasteiger partial charge in [0.15, 0.2) is 0 Å². The van der Waals surface area contributed by atoms with Gasteiger partial charge in [-0.2, -0.15) is 0 Å². The molecule has 0 aliphatic heterocycles. The van der Waals surface area contributed by atoms with E-state index in [1.165, 1.54) is 0 Å². The summed E-state index contributed by atoms with van der Waals surface area (Å²) in [6, 6.07) is 0. The maximum atomic E-state index is 12.5. The number of hydrogen-bond acceptors (Lipinski definition) is 2. The summed E-state index contributed by atoms with van der Waals surface area (Å²) in [4.78, 5) is 14.4. The minimum atomic E-state index is -2.84. The molecule has 0 unspecified atom stereocenters. The van der Waals surface area contributed by atoms with Crippen LogP contribution >= 0.6 is 38.5 Å². The van der Waals surface area contributed by atoms with E-state index in [4.69, 9.17) is 5.11 Å². The molecule has 0 aliphatic carbocycles. The third-order valence-corrected chi connectivity index (χ3v) is 2.91. The van der Waals surface area contributed by atoms with Gasteiger partial charge in [0, 0.05) is 10.7 Å². The summed E-state index contributed by atoms with van der Waals surface area (Å²) >= 11 is 4.45. The van der Waals surface area contributed by atoms with Crippen molar-refractivity contribution in [3.05, 3.63) is 25.5 Å². The lowest BCUT2D eigenvalue weighted by Crippen LogP contribution is -2.08. The van der Waals surface area contributed by atoms with Gasteiger partial charge < -0.3 is 5.11 Å². The van der Waals surface area contributed by atoms with Crippen LogP contribution in [0.25, 0.3) is 0 Å². The Labute approximate surface area is 99.8 Å². The van der Waals surface area contributed by atoms with Crippen LogP contribution in [0.4, 0.5) is 8.78 Å². The van der Waals surface area contributed by atoms with Crippen molar-refractivity contribution in [3.8, 4) is 0 Å². The van der Waals surface area contributed by atoms with Crippen molar-refractivity contribution >= 4 is 44.5 Å². The van der Waals surface area contributed by atoms with Crippen LogP contribution in [0.2, 0.25) is 0 Å². The number of aromatic nitrogens is 1. The molecule has 7 heteroatoms.